The molecule has 0 bridgehead atoms. The molecule has 2 amide bonds. The molecule has 4 aromatic rings. The lowest BCUT2D eigenvalue weighted by molar-refractivity contribution is -0.125. The summed E-state index contributed by atoms with van der Waals surface area (Å²) in [7, 11) is 3.08. The second-order valence-corrected chi connectivity index (χ2v) is 12.6. The number of aromatic nitrogens is 4. The molecular weight excluding hydrogens is 667 g/mol. The standard InChI is InChI=1S/C35H36Cl2N8O4/c1-19-10-11-21(42-19)14-39-16-29-35(49-3)44-27(18-41-29)25-9-5-7-23(32(25)37)22-6-4-8-24(31(22)36)26-17-40-28(34(43-26)48-2)15-38-13-20-12-30(46)45-33(20)47/h4-9,17-18,20-21,38-39,42H,1,10-16H2,2-3H3,(H,45,46,47)/t20?,21-/m0/s1. The van der Waals surface area contributed by atoms with E-state index in [1.165, 1.54) is 7.11 Å². The van der Waals surface area contributed by atoms with Gasteiger partial charge in [-0.2, -0.15) is 0 Å². The zero-order chi connectivity index (χ0) is 34.5. The number of nitrogens with zero attached hydrogens (tertiary/aromatic N) is 4. The predicted octanol–water partition coefficient (Wildman–Crippen LogP) is 4.70. The summed E-state index contributed by atoms with van der Waals surface area (Å²) >= 11 is 14.1. The van der Waals surface area contributed by atoms with E-state index in [2.05, 4.69) is 42.8 Å². The van der Waals surface area contributed by atoms with E-state index in [1.54, 1.807) is 19.5 Å². The van der Waals surface area contributed by atoms with E-state index in [0.29, 0.717) is 92.5 Å². The molecule has 2 saturated heterocycles. The zero-order valence-corrected chi connectivity index (χ0v) is 28.6. The quantitative estimate of drug-likeness (QED) is 0.144. The molecule has 6 rings (SSSR count). The van der Waals surface area contributed by atoms with Gasteiger partial charge in [0.1, 0.15) is 11.4 Å². The molecule has 2 aromatic heterocycles. The van der Waals surface area contributed by atoms with Gasteiger partial charge >= 0.3 is 0 Å². The summed E-state index contributed by atoms with van der Waals surface area (Å²) in [6.07, 6.45) is 5.52. The van der Waals surface area contributed by atoms with Crippen LogP contribution in [0, 0.1) is 5.92 Å². The lowest BCUT2D eigenvalue weighted by atomic mass is 9.98. The highest BCUT2D eigenvalue weighted by Crippen LogP contribution is 2.42. The molecule has 2 aromatic carbocycles. The highest BCUT2D eigenvalue weighted by molar-refractivity contribution is 6.39. The third-order valence-electron chi connectivity index (χ3n) is 8.48. The predicted molar refractivity (Wildman–Crippen MR) is 187 cm³/mol. The molecule has 0 radical (unpaired) electrons. The van der Waals surface area contributed by atoms with Gasteiger partial charge in [0, 0.05) is 66.6 Å². The summed E-state index contributed by atoms with van der Waals surface area (Å²) in [5, 5.41) is 13.2. The lowest BCUT2D eigenvalue weighted by Gasteiger charge is -2.15. The van der Waals surface area contributed by atoms with Crippen LogP contribution in [-0.4, -0.2) is 65.1 Å². The van der Waals surface area contributed by atoms with Crippen LogP contribution in [-0.2, 0) is 22.7 Å². The van der Waals surface area contributed by atoms with Gasteiger partial charge in [-0.05, 0) is 12.8 Å². The van der Waals surface area contributed by atoms with Gasteiger partial charge in [-0.1, -0.05) is 66.2 Å². The second-order valence-electron chi connectivity index (χ2n) is 11.8. The molecular formula is C35H36Cl2N8O4. The number of carbonyl (C=O) groups excluding carboxylic acids is 2. The van der Waals surface area contributed by atoms with Crippen molar-refractivity contribution in [2.45, 2.75) is 38.4 Å². The Morgan fingerprint density at radius 3 is 1.84 bits per heavy atom. The third-order valence-corrected chi connectivity index (χ3v) is 9.30. The molecule has 1 unspecified atom stereocenters. The fraction of sp³-hybridized carbons (Fsp3) is 0.314. The number of allylic oxidation sites excluding steroid dienone is 1. The van der Waals surface area contributed by atoms with Crippen molar-refractivity contribution in [1.82, 2.24) is 41.2 Å². The Morgan fingerprint density at radius 1 is 0.837 bits per heavy atom. The zero-order valence-electron chi connectivity index (χ0n) is 27.1. The molecule has 2 aliphatic heterocycles. The van der Waals surface area contributed by atoms with Crippen molar-refractivity contribution in [3.63, 3.8) is 0 Å². The number of hydrogen-bond donors (Lipinski definition) is 4. The first-order valence-electron chi connectivity index (χ1n) is 15.8. The van der Waals surface area contributed by atoms with Crippen LogP contribution in [0.2, 0.25) is 10.0 Å². The van der Waals surface area contributed by atoms with Crippen molar-refractivity contribution in [2.24, 2.45) is 5.92 Å². The topological polar surface area (TPSA) is 152 Å². The molecule has 0 aliphatic carbocycles. The number of amides is 2. The molecule has 0 saturated carbocycles. The Hall–Kier alpha value is -4.62. The van der Waals surface area contributed by atoms with Gasteiger partial charge in [-0.3, -0.25) is 24.9 Å². The number of ether oxygens (including phenoxy) is 2. The summed E-state index contributed by atoms with van der Waals surface area (Å²) in [6, 6.07) is 11.6. The first-order valence-corrected chi connectivity index (χ1v) is 16.6. The number of nitrogens with one attached hydrogen (secondary N) is 4. The second kappa shape index (κ2) is 15.3. The number of carbonyl (C=O) groups is 2. The monoisotopic (exact) mass is 702 g/mol. The molecule has 14 heteroatoms. The fourth-order valence-corrected chi connectivity index (χ4v) is 6.58. The van der Waals surface area contributed by atoms with Crippen molar-refractivity contribution in [1.29, 1.82) is 0 Å². The van der Waals surface area contributed by atoms with Crippen LogP contribution in [0.1, 0.15) is 30.7 Å². The van der Waals surface area contributed by atoms with Crippen LogP contribution in [0.5, 0.6) is 11.8 Å². The number of hydrogen-bond acceptors (Lipinski definition) is 11. The van der Waals surface area contributed by atoms with Crippen molar-refractivity contribution >= 4 is 35.0 Å². The van der Waals surface area contributed by atoms with Crippen LogP contribution in [0.15, 0.2) is 61.1 Å². The van der Waals surface area contributed by atoms with E-state index in [1.807, 2.05) is 36.4 Å². The summed E-state index contributed by atoms with van der Waals surface area (Å²) in [6.45, 7) is 5.90. The fourth-order valence-electron chi connectivity index (χ4n) is 5.93. The Balaban J connectivity index is 1.20. The van der Waals surface area contributed by atoms with Crippen LogP contribution in [0.25, 0.3) is 33.6 Å². The van der Waals surface area contributed by atoms with Gasteiger partial charge in [-0.25, -0.2) is 9.97 Å². The molecule has 2 fully saturated rings. The van der Waals surface area contributed by atoms with E-state index >= 15 is 0 Å². The van der Waals surface area contributed by atoms with Crippen molar-refractivity contribution in [3.8, 4) is 45.4 Å². The Bertz CT molecular complexity index is 1910. The molecule has 49 heavy (non-hydrogen) atoms. The van der Waals surface area contributed by atoms with E-state index in [-0.39, 0.29) is 18.2 Å². The van der Waals surface area contributed by atoms with Gasteiger partial charge in [0.05, 0.1) is 54.0 Å². The first-order chi connectivity index (χ1) is 23.7. The Kier molecular flexibility index (Phi) is 10.7. The smallest absolute Gasteiger partial charge is 0.237 e. The van der Waals surface area contributed by atoms with E-state index in [0.717, 1.165) is 25.1 Å². The number of halogens is 2. The maximum Gasteiger partial charge on any atom is 0.237 e. The van der Waals surface area contributed by atoms with Crippen LogP contribution in [0.3, 0.4) is 0 Å². The van der Waals surface area contributed by atoms with Gasteiger partial charge in [0.25, 0.3) is 0 Å². The highest BCUT2D eigenvalue weighted by atomic mass is 35.5. The maximum absolute atomic E-state index is 11.9. The first kappa shape index (κ1) is 34.3. The third kappa shape index (κ3) is 7.67. The maximum atomic E-state index is 11.9. The largest absolute Gasteiger partial charge is 0.480 e. The normalized spacial score (nSPS) is 17.3. The van der Waals surface area contributed by atoms with E-state index in [9.17, 15) is 9.59 Å². The SMILES string of the molecule is C=C1CC[C@@H](CNCc2ncc(-c3cccc(-c4cccc(-c5cnc(CNCC6CC(=O)NC6=O)c(OC)n5)c4Cl)c3Cl)nc2OC)N1. The molecule has 4 N–H and O–H groups in total. The van der Waals surface area contributed by atoms with Crippen molar-refractivity contribution in [2.75, 3.05) is 27.3 Å². The molecule has 2 atom stereocenters. The minimum atomic E-state index is -0.418. The molecule has 4 heterocycles. The Labute approximate surface area is 294 Å². The van der Waals surface area contributed by atoms with Crippen LogP contribution < -0.4 is 30.7 Å². The summed E-state index contributed by atoms with van der Waals surface area (Å²) in [5.41, 5.74) is 6.12. The lowest BCUT2D eigenvalue weighted by Crippen LogP contribution is -2.33. The van der Waals surface area contributed by atoms with Gasteiger partial charge in [0.15, 0.2) is 0 Å². The minimum Gasteiger partial charge on any atom is -0.480 e. The molecule has 2 aliphatic rings. The summed E-state index contributed by atoms with van der Waals surface area (Å²) < 4.78 is 11.1. The average Bonchev–Trinajstić information content (AvgIpc) is 3.67. The van der Waals surface area contributed by atoms with Crippen LogP contribution >= 0.6 is 23.2 Å². The molecule has 12 nitrogen and oxygen atoms in total. The van der Waals surface area contributed by atoms with Gasteiger partial charge in [-0.15, -0.1) is 0 Å². The van der Waals surface area contributed by atoms with Gasteiger partial charge in [0.2, 0.25) is 23.6 Å². The van der Waals surface area contributed by atoms with E-state index in [4.69, 9.17) is 37.7 Å². The molecule has 0 spiro atoms. The highest BCUT2D eigenvalue weighted by Gasteiger charge is 2.30. The number of rotatable bonds is 13. The average molecular weight is 704 g/mol. The minimum absolute atomic E-state index is 0.164. The number of imide groups is 1. The van der Waals surface area contributed by atoms with Crippen molar-refractivity contribution in [3.05, 3.63) is 82.5 Å². The van der Waals surface area contributed by atoms with Crippen LogP contribution in [0.4, 0.5) is 0 Å². The Morgan fingerprint density at radius 2 is 1.37 bits per heavy atom. The number of methoxy groups -OCH3 is 2. The number of benzene rings is 2. The molecule has 254 valence electrons. The van der Waals surface area contributed by atoms with Gasteiger partial charge < -0.3 is 25.4 Å². The van der Waals surface area contributed by atoms with E-state index < -0.39 is 5.92 Å². The summed E-state index contributed by atoms with van der Waals surface area (Å²) in [5.74, 6) is -0.234. The van der Waals surface area contributed by atoms with Crippen molar-refractivity contribution < 1.29 is 19.1 Å². The summed E-state index contributed by atoms with van der Waals surface area (Å²) in [4.78, 5) is 42.0.